The first kappa shape index (κ1) is 17.0. The van der Waals surface area contributed by atoms with E-state index in [9.17, 15) is 4.79 Å². The monoisotopic (exact) mass is 347 g/mol. The van der Waals surface area contributed by atoms with Crippen LogP contribution in [-0.2, 0) is 17.9 Å². The van der Waals surface area contributed by atoms with Gasteiger partial charge in [-0.3, -0.25) is 9.48 Å². The van der Waals surface area contributed by atoms with Crippen LogP contribution in [0.25, 0.3) is 0 Å². The summed E-state index contributed by atoms with van der Waals surface area (Å²) in [4.78, 5) is 12.3. The van der Waals surface area contributed by atoms with Crippen LogP contribution in [-0.4, -0.2) is 21.7 Å². The van der Waals surface area contributed by atoms with E-state index >= 15 is 0 Å². The van der Waals surface area contributed by atoms with E-state index in [1.807, 2.05) is 35.1 Å². The van der Waals surface area contributed by atoms with E-state index in [-0.39, 0.29) is 18.0 Å². The zero-order chi connectivity index (χ0) is 16.9. The standard InChI is InChI=1S/C17H22ClN5O/c1-2-7-23-11-12(10-20-23)9-19-17(24)16-8-15(21-22-16)13-3-5-14(18)6-4-13/h3-6,10-11,15-16,21-22H,2,7-9H2,1H3,(H,19,24). The van der Waals surface area contributed by atoms with E-state index in [4.69, 9.17) is 11.6 Å². The molecule has 6 nitrogen and oxygen atoms in total. The molecule has 1 amide bonds. The normalized spacial score (nSPS) is 20.2. The molecule has 0 saturated carbocycles. The first-order valence-electron chi connectivity index (χ1n) is 8.21. The van der Waals surface area contributed by atoms with Crippen molar-refractivity contribution in [1.29, 1.82) is 0 Å². The van der Waals surface area contributed by atoms with Gasteiger partial charge in [-0.15, -0.1) is 0 Å². The topological polar surface area (TPSA) is 71.0 Å². The van der Waals surface area contributed by atoms with E-state index in [1.54, 1.807) is 6.20 Å². The molecule has 128 valence electrons. The van der Waals surface area contributed by atoms with Gasteiger partial charge in [-0.05, 0) is 30.5 Å². The highest BCUT2D eigenvalue weighted by molar-refractivity contribution is 6.30. The lowest BCUT2D eigenvalue weighted by Crippen LogP contribution is -2.42. The first-order chi connectivity index (χ1) is 11.7. The first-order valence-corrected chi connectivity index (χ1v) is 8.59. The number of hydrazine groups is 1. The SMILES string of the molecule is CCCn1cc(CNC(=O)C2CC(c3ccc(Cl)cc3)NN2)cn1. The van der Waals surface area contributed by atoms with Gasteiger partial charge in [0.1, 0.15) is 6.04 Å². The Morgan fingerprint density at radius 3 is 2.92 bits per heavy atom. The summed E-state index contributed by atoms with van der Waals surface area (Å²) in [6.07, 6.45) is 5.51. The summed E-state index contributed by atoms with van der Waals surface area (Å²) in [5.41, 5.74) is 8.36. The van der Waals surface area contributed by atoms with Crippen molar-refractivity contribution in [3.05, 3.63) is 52.8 Å². The summed E-state index contributed by atoms with van der Waals surface area (Å²) in [5.74, 6) is -0.0118. The molecule has 2 heterocycles. The van der Waals surface area contributed by atoms with Crippen molar-refractivity contribution >= 4 is 17.5 Å². The lowest BCUT2D eigenvalue weighted by molar-refractivity contribution is -0.123. The number of aryl methyl sites for hydroxylation is 1. The zero-order valence-corrected chi connectivity index (χ0v) is 14.4. The second-order valence-electron chi connectivity index (χ2n) is 6.01. The Morgan fingerprint density at radius 1 is 1.38 bits per heavy atom. The molecule has 3 rings (SSSR count). The minimum absolute atomic E-state index is 0.0118. The highest BCUT2D eigenvalue weighted by atomic mass is 35.5. The highest BCUT2D eigenvalue weighted by Gasteiger charge is 2.29. The molecular weight excluding hydrogens is 326 g/mol. The second-order valence-corrected chi connectivity index (χ2v) is 6.45. The average molecular weight is 348 g/mol. The smallest absolute Gasteiger partial charge is 0.238 e. The van der Waals surface area contributed by atoms with Crippen LogP contribution in [0.5, 0.6) is 0 Å². The van der Waals surface area contributed by atoms with Crippen LogP contribution in [0.3, 0.4) is 0 Å². The van der Waals surface area contributed by atoms with Gasteiger partial charge in [-0.1, -0.05) is 30.7 Å². The van der Waals surface area contributed by atoms with Gasteiger partial charge in [0, 0.05) is 35.9 Å². The van der Waals surface area contributed by atoms with Crippen molar-refractivity contribution in [2.24, 2.45) is 0 Å². The highest BCUT2D eigenvalue weighted by Crippen LogP contribution is 2.23. The Bertz CT molecular complexity index is 685. The molecule has 2 aromatic rings. The molecule has 7 heteroatoms. The number of amides is 1. The lowest BCUT2D eigenvalue weighted by atomic mass is 10.0. The largest absolute Gasteiger partial charge is 0.351 e. The fourth-order valence-electron chi connectivity index (χ4n) is 2.80. The minimum atomic E-state index is -0.253. The van der Waals surface area contributed by atoms with Gasteiger partial charge in [0.2, 0.25) is 5.91 Å². The molecule has 1 aromatic heterocycles. The maximum absolute atomic E-state index is 12.3. The van der Waals surface area contributed by atoms with E-state index in [2.05, 4.69) is 28.2 Å². The van der Waals surface area contributed by atoms with Gasteiger partial charge in [-0.25, -0.2) is 10.9 Å². The van der Waals surface area contributed by atoms with Crippen LogP contribution in [0.2, 0.25) is 5.02 Å². The van der Waals surface area contributed by atoms with Crippen LogP contribution < -0.4 is 16.2 Å². The van der Waals surface area contributed by atoms with Gasteiger partial charge in [0.15, 0.2) is 0 Å². The Balaban J connectivity index is 1.49. The number of hydrogen-bond acceptors (Lipinski definition) is 4. The molecule has 0 aliphatic carbocycles. The van der Waals surface area contributed by atoms with Crippen LogP contribution in [0.4, 0.5) is 0 Å². The van der Waals surface area contributed by atoms with Gasteiger partial charge in [0.05, 0.1) is 6.20 Å². The molecule has 1 saturated heterocycles. The van der Waals surface area contributed by atoms with Gasteiger partial charge in [-0.2, -0.15) is 5.10 Å². The summed E-state index contributed by atoms with van der Waals surface area (Å²) in [6, 6.07) is 7.52. The van der Waals surface area contributed by atoms with Crippen molar-refractivity contribution in [2.75, 3.05) is 0 Å². The molecule has 2 unspecified atom stereocenters. The molecule has 0 spiro atoms. The summed E-state index contributed by atoms with van der Waals surface area (Å²) >= 11 is 5.91. The predicted molar refractivity (Wildman–Crippen MR) is 93.2 cm³/mol. The van der Waals surface area contributed by atoms with Crippen molar-refractivity contribution < 1.29 is 4.79 Å². The molecule has 1 aliphatic rings. The van der Waals surface area contributed by atoms with E-state index in [0.29, 0.717) is 18.0 Å². The third kappa shape index (κ3) is 4.14. The summed E-state index contributed by atoms with van der Waals surface area (Å²) < 4.78 is 1.90. The molecule has 1 aliphatic heterocycles. The van der Waals surface area contributed by atoms with Crippen molar-refractivity contribution in [1.82, 2.24) is 25.9 Å². The number of nitrogens with zero attached hydrogens (tertiary/aromatic N) is 2. The summed E-state index contributed by atoms with van der Waals surface area (Å²) in [6.45, 7) is 3.50. The maximum atomic E-state index is 12.3. The maximum Gasteiger partial charge on any atom is 0.238 e. The van der Waals surface area contributed by atoms with Crippen LogP contribution in [0.15, 0.2) is 36.7 Å². The number of halogens is 1. The average Bonchev–Trinajstić information content (AvgIpc) is 3.23. The number of carbonyl (C=O) groups is 1. The fraction of sp³-hybridized carbons (Fsp3) is 0.412. The molecule has 1 aromatic carbocycles. The van der Waals surface area contributed by atoms with Crippen molar-refractivity contribution in [2.45, 2.75) is 44.9 Å². The quantitative estimate of drug-likeness (QED) is 0.749. The third-order valence-corrected chi connectivity index (χ3v) is 4.35. The second kappa shape index (κ2) is 7.79. The molecule has 0 bridgehead atoms. The Morgan fingerprint density at radius 2 is 2.17 bits per heavy atom. The Kier molecular flexibility index (Phi) is 5.50. The molecule has 0 radical (unpaired) electrons. The number of benzene rings is 1. The number of hydrogen-bond donors (Lipinski definition) is 3. The van der Waals surface area contributed by atoms with E-state index < -0.39 is 0 Å². The van der Waals surface area contributed by atoms with Gasteiger partial charge in [0.25, 0.3) is 0 Å². The van der Waals surface area contributed by atoms with E-state index in [1.165, 1.54) is 0 Å². The molecular formula is C17H22ClN5O. The minimum Gasteiger partial charge on any atom is -0.351 e. The third-order valence-electron chi connectivity index (χ3n) is 4.10. The number of nitrogens with one attached hydrogen (secondary N) is 3. The number of carbonyl (C=O) groups excluding carboxylic acids is 1. The molecule has 24 heavy (non-hydrogen) atoms. The fourth-order valence-corrected chi connectivity index (χ4v) is 2.93. The van der Waals surface area contributed by atoms with Crippen LogP contribution in [0.1, 0.15) is 36.9 Å². The molecule has 2 atom stereocenters. The number of aromatic nitrogens is 2. The van der Waals surface area contributed by atoms with Crippen molar-refractivity contribution in [3.63, 3.8) is 0 Å². The van der Waals surface area contributed by atoms with Crippen LogP contribution >= 0.6 is 11.6 Å². The summed E-state index contributed by atoms with van der Waals surface area (Å²) in [5, 5.41) is 7.94. The van der Waals surface area contributed by atoms with Crippen LogP contribution in [0, 0.1) is 0 Å². The summed E-state index contributed by atoms with van der Waals surface area (Å²) in [7, 11) is 0. The van der Waals surface area contributed by atoms with Crippen molar-refractivity contribution in [3.8, 4) is 0 Å². The van der Waals surface area contributed by atoms with E-state index in [0.717, 1.165) is 24.1 Å². The molecule has 1 fully saturated rings. The molecule has 3 N–H and O–H groups in total. The zero-order valence-electron chi connectivity index (χ0n) is 13.6. The number of rotatable bonds is 6. The predicted octanol–water partition coefficient (Wildman–Crippen LogP) is 2.17. The Labute approximate surface area is 146 Å². The van der Waals surface area contributed by atoms with Gasteiger partial charge < -0.3 is 5.32 Å². The Hall–Kier alpha value is -1.89. The van der Waals surface area contributed by atoms with Gasteiger partial charge >= 0.3 is 0 Å². The lowest BCUT2D eigenvalue weighted by Gasteiger charge is -2.10.